The summed E-state index contributed by atoms with van der Waals surface area (Å²) < 4.78 is 0.266. The first-order valence-corrected chi connectivity index (χ1v) is 15.6. The Morgan fingerprint density at radius 2 is 2.15 bits per heavy atom. The predicted octanol–water partition coefficient (Wildman–Crippen LogP) is 2.77. The standard InChI is InChI=1S/C7H6BrO.3CH3.Sn/c8-7-4-2-1-3-5(9)6(4)7;;;;/h1,3-4,6H,2H2;3*1H3;/t4-,6+;;;;/m0..../s1. The van der Waals surface area contributed by atoms with E-state index in [4.69, 9.17) is 0 Å². The van der Waals surface area contributed by atoms with E-state index in [1.54, 1.807) is 6.08 Å². The van der Waals surface area contributed by atoms with E-state index >= 15 is 0 Å². The van der Waals surface area contributed by atoms with Gasteiger partial charge in [0.1, 0.15) is 0 Å². The molecule has 0 bridgehead atoms. The molecule has 1 nitrogen and oxygen atoms in total. The zero-order chi connectivity index (χ0) is 9.85. The van der Waals surface area contributed by atoms with Gasteiger partial charge in [0.2, 0.25) is 0 Å². The minimum atomic E-state index is -2.00. The number of ketones is 1. The summed E-state index contributed by atoms with van der Waals surface area (Å²) in [4.78, 5) is 18.9. The van der Waals surface area contributed by atoms with E-state index in [1.165, 1.54) is 0 Å². The number of allylic oxidation sites excluding steroid dienone is 2. The molecule has 0 aromatic rings. The van der Waals surface area contributed by atoms with Crippen molar-refractivity contribution in [1.82, 2.24) is 0 Å². The summed E-state index contributed by atoms with van der Waals surface area (Å²) in [6.45, 7) is 0. The van der Waals surface area contributed by atoms with Gasteiger partial charge >= 0.3 is 92.5 Å². The van der Waals surface area contributed by atoms with Crippen molar-refractivity contribution in [3.05, 3.63) is 12.2 Å². The molecule has 0 aromatic heterocycles. The van der Waals surface area contributed by atoms with Crippen LogP contribution in [0.1, 0.15) is 6.42 Å². The third-order valence-electron chi connectivity index (χ3n) is 3.41. The van der Waals surface area contributed by atoms with Crippen molar-refractivity contribution in [2.45, 2.75) is 23.6 Å². The summed E-state index contributed by atoms with van der Waals surface area (Å²) in [6.07, 6.45) is 4.93. The van der Waals surface area contributed by atoms with Crippen molar-refractivity contribution in [1.29, 1.82) is 0 Å². The molecule has 1 fully saturated rings. The number of halogens is 1. The number of carbonyl (C=O) groups excluding carboxylic acids is 1. The number of alkyl halides is 1. The molecular formula is C10H15BrOSn. The number of hydrogen-bond acceptors (Lipinski definition) is 1. The van der Waals surface area contributed by atoms with Crippen LogP contribution in [0.2, 0.25) is 14.8 Å². The predicted molar refractivity (Wildman–Crippen MR) is 60.7 cm³/mol. The molecule has 0 aromatic carbocycles. The average molecular weight is 350 g/mol. The fraction of sp³-hybridized carbons (Fsp3) is 0.700. The number of rotatable bonds is 1. The van der Waals surface area contributed by atoms with Crippen LogP contribution >= 0.6 is 15.9 Å². The van der Waals surface area contributed by atoms with Gasteiger partial charge < -0.3 is 0 Å². The van der Waals surface area contributed by atoms with Crippen LogP contribution in [-0.4, -0.2) is 26.5 Å². The van der Waals surface area contributed by atoms with Crippen LogP contribution in [0.4, 0.5) is 0 Å². The molecule has 13 heavy (non-hydrogen) atoms. The van der Waals surface area contributed by atoms with Crippen molar-refractivity contribution in [3.8, 4) is 0 Å². The fourth-order valence-electron chi connectivity index (χ4n) is 2.59. The summed E-state index contributed by atoms with van der Waals surface area (Å²) in [5.74, 6) is 1.31. The van der Waals surface area contributed by atoms with Crippen LogP contribution in [-0.2, 0) is 4.79 Å². The molecule has 0 spiro atoms. The molecule has 3 heteroatoms. The topological polar surface area (TPSA) is 17.1 Å². The maximum atomic E-state index is 11.6. The summed E-state index contributed by atoms with van der Waals surface area (Å²) in [7, 11) is 0. The molecule has 0 aliphatic heterocycles. The quantitative estimate of drug-likeness (QED) is 0.525. The first kappa shape index (κ1) is 10.2. The zero-order valence-electron chi connectivity index (χ0n) is 8.30. The summed E-state index contributed by atoms with van der Waals surface area (Å²) in [6, 6.07) is 0. The van der Waals surface area contributed by atoms with Crippen molar-refractivity contribution >= 4 is 40.1 Å². The summed E-state index contributed by atoms with van der Waals surface area (Å²) in [5, 5.41) is 0. The van der Waals surface area contributed by atoms with Gasteiger partial charge in [0.25, 0.3) is 0 Å². The van der Waals surface area contributed by atoms with Crippen LogP contribution in [0.25, 0.3) is 0 Å². The monoisotopic (exact) mass is 350 g/mol. The molecule has 1 saturated carbocycles. The van der Waals surface area contributed by atoms with Gasteiger partial charge in [-0.2, -0.15) is 0 Å². The normalized spacial score (nSPS) is 43.2. The molecular weight excluding hydrogens is 335 g/mol. The van der Waals surface area contributed by atoms with Gasteiger partial charge in [-0.15, -0.1) is 0 Å². The minimum absolute atomic E-state index is 0.266. The molecule has 0 saturated heterocycles. The van der Waals surface area contributed by atoms with Gasteiger partial charge in [-0.25, -0.2) is 0 Å². The van der Waals surface area contributed by atoms with Crippen LogP contribution in [0.5, 0.6) is 0 Å². The molecule has 72 valence electrons. The molecule has 2 rings (SSSR count). The molecule has 0 radical (unpaired) electrons. The third-order valence-corrected chi connectivity index (χ3v) is 21.0. The van der Waals surface area contributed by atoms with Gasteiger partial charge in [0, 0.05) is 0 Å². The Labute approximate surface area is 92.0 Å². The molecule has 0 amide bonds. The number of hydrogen-bond donors (Lipinski definition) is 0. The van der Waals surface area contributed by atoms with Gasteiger partial charge in [0.15, 0.2) is 0 Å². The molecule has 2 aliphatic rings. The summed E-state index contributed by atoms with van der Waals surface area (Å²) in [5.41, 5.74) is 0. The van der Waals surface area contributed by atoms with E-state index in [0.717, 1.165) is 6.42 Å². The maximum absolute atomic E-state index is 11.6. The molecule has 0 heterocycles. The van der Waals surface area contributed by atoms with Crippen molar-refractivity contribution in [3.63, 3.8) is 0 Å². The van der Waals surface area contributed by atoms with E-state index in [9.17, 15) is 4.79 Å². The van der Waals surface area contributed by atoms with Gasteiger partial charge in [-0.05, 0) is 0 Å². The second-order valence-electron chi connectivity index (χ2n) is 5.14. The Bertz CT molecular complexity index is 292. The van der Waals surface area contributed by atoms with Crippen molar-refractivity contribution < 1.29 is 4.79 Å². The number of carbonyl (C=O) groups is 1. The Morgan fingerprint density at radius 3 is 2.62 bits per heavy atom. The Hall–Kier alpha value is 0.689. The fourth-order valence-corrected chi connectivity index (χ4v) is 10.9. The Balaban J connectivity index is 2.29. The molecule has 0 N–H and O–H groups in total. The SMILES string of the molecule is [CH3][Sn]([CH3])([CH3])[C@@]1(Br)[C@H]2CC=CC(=O)[C@@H]21. The second-order valence-corrected chi connectivity index (χ2v) is 23.7. The molecule has 2 aliphatic carbocycles. The van der Waals surface area contributed by atoms with E-state index in [-0.39, 0.29) is 2.34 Å². The van der Waals surface area contributed by atoms with E-state index in [2.05, 4.69) is 30.7 Å². The number of fused-ring (bicyclic) bond motifs is 1. The Morgan fingerprint density at radius 1 is 1.54 bits per heavy atom. The second kappa shape index (κ2) is 2.84. The van der Waals surface area contributed by atoms with Crippen molar-refractivity contribution in [2.24, 2.45) is 11.8 Å². The van der Waals surface area contributed by atoms with Crippen LogP contribution in [0.3, 0.4) is 0 Å². The van der Waals surface area contributed by atoms with Gasteiger partial charge in [0.05, 0.1) is 0 Å². The van der Waals surface area contributed by atoms with Crippen LogP contribution < -0.4 is 0 Å². The first-order valence-electron chi connectivity index (χ1n) is 4.78. The van der Waals surface area contributed by atoms with Gasteiger partial charge in [-0.3, -0.25) is 0 Å². The van der Waals surface area contributed by atoms with Crippen LogP contribution in [0, 0.1) is 11.8 Å². The van der Waals surface area contributed by atoms with Crippen LogP contribution in [0.15, 0.2) is 12.2 Å². The Kier molecular flexibility index (Phi) is 2.23. The van der Waals surface area contributed by atoms with E-state index < -0.39 is 18.4 Å². The van der Waals surface area contributed by atoms with Gasteiger partial charge in [-0.1, -0.05) is 0 Å². The zero-order valence-corrected chi connectivity index (χ0v) is 12.7. The third kappa shape index (κ3) is 1.28. The summed E-state index contributed by atoms with van der Waals surface area (Å²) >= 11 is 1.88. The van der Waals surface area contributed by atoms with E-state index in [1.807, 2.05) is 6.08 Å². The first-order chi connectivity index (χ1) is 5.89. The average Bonchev–Trinajstić information content (AvgIpc) is 2.59. The van der Waals surface area contributed by atoms with E-state index in [0.29, 0.717) is 17.6 Å². The van der Waals surface area contributed by atoms with Crippen molar-refractivity contribution in [2.75, 3.05) is 0 Å². The molecule has 0 unspecified atom stereocenters. The molecule has 3 atom stereocenters.